The van der Waals surface area contributed by atoms with Crippen LogP contribution in [0.2, 0.25) is 0 Å². The lowest BCUT2D eigenvalue weighted by atomic mass is 10.1. The number of carbonyl (C=O) groups is 1. The van der Waals surface area contributed by atoms with Gasteiger partial charge in [-0.1, -0.05) is 18.2 Å². The third-order valence-corrected chi connectivity index (χ3v) is 5.18. The molecule has 0 N–H and O–H groups in total. The monoisotopic (exact) mass is 319 g/mol. The molecule has 7 heteroatoms. The number of nitrogens with zero attached hydrogens (tertiary/aromatic N) is 1. The Hall–Kier alpha value is -2.54. The lowest BCUT2D eigenvalue weighted by Crippen LogP contribution is -2.29. The Bertz CT molecular complexity index is 846. The van der Waals surface area contributed by atoms with E-state index in [1.165, 1.54) is 26.4 Å². The molecule has 1 aliphatic rings. The summed E-state index contributed by atoms with van der Waals surface area (Å²) in [7, 11) is -1.23. The van der Waals surface area contributed by atoms with Crippen LogP contribution in [0.3, 0.4) is 0 Å². The Labute approximate surface area is 127 Å². The minimum absolute atomic E-state index is 0.0417. The fraction of sp³-hybridized carbons (Fsp3) is 0.133. The number of anilines is 1. The van der Waals surface area contributed by atoms with Crippen LogP contribution in [0.5, 0.6) is 11.5 Å². The SMILES string of the molecule is COc1cc(OC)c2c(c1)C(=O)N(c1ccccc1)S2(=O)=O. The Balaban J connectivity index is 2.28. The zero-order chi connectivity index (χ0) is 15.9. The number of rotatable bonds is 3. The summed E-state index contributed by atoms with van der Waals surface area (Å²) in [6, 6.07) is 11.0. The Kier molecular flexibility index (Phi) is 3.29. The fourth-order valence-corrected chi connectivity index (χ4v) is 4.12. The van der Waals surface area contributed by atoms with Crippen molar-refractivity contribution in [2.75, 3.05) is 18.5 Å². The van der Waals surface area contributed by atoms with Gasteiger partial charge in [-0.15, -0.1) is 0 Å². The molecule has 2 aromatic carbocycles. The van der Waals surface area contributed by atoms with Crippen molar-refractivity contribution < 1.29 is 22.7 Å². The van der Waals surface area contributed by atoms with Crippen molar-refractivity contribution in [2.45, 2.75) is 4.90 Å². The zero-order valence-electron chi connectivity index (χ0n) is 11.9. The molecule has 0 spiro atoms. The van der Waals surface area contributed by atoms with Gasteiger partial charge in [0.2, 0.25) is 0 Å². The van der Waals surface area contributed by atoms with Gasteiger partial charge >= 0.3 is 0 Å². The van der Waals surface area contributed by atoms with Crippen molar-refractivity contribution in [1.82, 2.24) is 0 Å². The third-order valence-electron chi connectivity index (χ3n) is 3.39. The number of amides is 1. The van der Waals surface area contributed by atoms with Crippen molar-refractivity contribution >= 4 is 21.6 Å². The maximum Gasteiger partial charge on any atom is 0.275 e. The summed E-state index contributed by atoms with van der Waals surface area (Å²) in [5.41, 5.74) is 0.324. The van der Waals surface area contributed by atoms with E-state index in [0.717, 1.165) is 4.31 Å². The first-order chi connectivity index (χ1) is 10.5. The molecule has 1 amide bonds. The van der Waals surface area contributed by atoms with Crippen LogP contribution in [0.4, 0.5) is 5.69 Å². The molecule has 1 aliphatic heterocycles. The second kappa shape index (κ2) is 5.03. The van der Waals surface area contributed by atoms with E-state index in [1.54, 1.807) is 30.3 Å². The van der Waals surface area contributed by atoms with E-state index in [-0.39, 0.29) is 21.9 Å². The molecule has 0 fully saturated rings. The van der Waals surface area contributed by atoms with Gasteiger partial charge in [0.25, 0.3) is 15.9 Å². The van der Waals surface area contributed by atoms with Crippen LogP contribution in [0.1, 0.15) is 10.4 Å². The van der Waals surface area contributed by atoms with Crippen LogP contribution >= 0.6 is 0 Å². The fourth-order valence-electron chi connectivity index (χ4n) is 2.40. The first-order valence-electron chi connectivity index (χ1n) is 6.41. The summed E-state index contributed by atoms with van der Waals surface area (Å²) in [6.07, 6.45) is 0. The highest BCUT2D eigenvalue weighted by Crippen LogP contribution is 2.42. The van der Waals surface area contributed by atoms with E-state index in [0.29, 0.717) is 5.75 Å². The molecule has 22 heavy (non-hydrogen) atoms. The predicted molar refractivity (Wildman–Crippen MR) is 80.0 cm³/mol. The number of sulfonamides is 1. The molecule has 6 nitrogen and oxygen atoms in total. The van der Waals surface area contributed by atoms with Crippen molar-refractivity contribution in [3.63, 3.8) is 0 Å². The smallest absolute Gasteiger partial charge is 0.275 e. The van der Waals surface area contributed by atoms with Gasteiger partial charge in [-0.2, -0.15) is 4.31 Å². The van der Waals surface area contributed by atoms with Gasteiger partial charge in [0.05, 0.1) is 25.5 Å². The van der Waals surface area contributed by atoms with E-state index in [2.05, 4.69) is 0 Å². The second-order valence-electron chi connectivity index (χ2n) is 4.62. The van der Waals surface area contributed by atoms with Gasteiger partial charge in [0, 0.05) is 6.07 Å². The lowest BCUT2D eigenvalue weighted by molar-refractivity contribution is 0.101. The van der Waals surface area contributed by atoms with Crippen molar-refractivity contribution in [3.05, 3.63) is 48.0 Å². The zero-order valence-corrected chi connectivity index (χ0v) is 12.8. The molecule has 1 heterocycles. The van der Waals surface area contributed by atoms with Gasteiger partial charge in [0.15, 0.2) is 0 Å². The quantitative estimate of drug-likeness (QED) is 0.866. The third kappa shape index (κ3) is 1.93. The topological polar surface area (TPSA) is 72.9 Å². The average Bonchev–Trinajstić information content (AvgIpc) is 2.74. The minimum atomic E-state index is -4.01. The lowest BCUT2D eigenvalue weighted by Gasteiger charge is -2.15. The van der Waals surface area contributed by atoms with Crippen LogP contribution in [0, 0.1) is 0 Å². The van der Waals surface area contributed by atoms with Gasteiger partial charge in [0.1, 0.15) is 16.4 Å². The molecule has 0 atom stereocenters. The molecule has 0 bridgehead atoms. The van der Waals surface area contributed by atoms with Crippen LogP contribution < -0.4 is 13.8 Å². The number of para-hydroxylation sites is 1. The van der Waals surface area contributed by atoms with Crippen LogP contribution in [0.25, 0.3) is 0 Å². The number of ether oxygens (including phenoxy) is 2. The van der Waals surface area contributed by atoms with Crippen LogP contribution in [0.15, 0.2) is 47.4 Å². The standard InChI is InChI=1S/C15H13NO5S/c1-20-11-8-12-14(13(9-11)21-2)22(18,19)16(15(12)17)10-6-4-3-5-7-10/h3-9H,1-2H3. The highest BCUT2D eigenvalue weighted by Gasteiger charge is 2.45. The Morgan fingerprint density at radius 2 is 1.68 bits per heavy atom. The number of hydrogen-bond acceptors (Lipinski definition) is 5. The highest BCUT2D eigenvalue weighted by atomic mass is 32.2. The summed E-state index contributed by atoms with van der Waals surface area (Å²) in [5, 5.41) is 0. The number of benzene rings is 2. The first kappa shape index (κ1) is 14.4. The molecule has 0 saturated heterocycles. The number of methoxy groups -OCH3 is 2. The normalized spacial score (nSPS) is 15.5. The molecule has 0 saturated carbocycles. The van der Waals surface area contributed by atoms with Crippen molar-refractivity contribution in [2.24, 2.45) is 0 Å². The van der Waals surface area contributed by atoms with Crippen molar-refractivity contribution in [3.8, 4) is 11.5 Å². The molecule has 0 unspecified atom stereocenters. The summed E-state index contributed by atoms with van der Waals surface area (Å²) in [6.45, 7) is 0. The van der Waals surface area contributed by atoms with E-state index in [4.69, 9.17) is 9.47 Å². The van der Waals surface area contributed by atoms with Gasteiger partial charge in [-0.05, 0) is 18.2 Å². The Morgan fingerprint density at radius 1 is 1.00 bits per heavy atom. The second-order valence-corrected chi connectivity index (χ2v) is 6.34. The number of hydrogen-bond donors (Lipinski definition) is 0. The maximum absolute atomic E-state index is 12.8. The van der Waals surface area contributed by atoms with Crippen LogP contribution in [-0.4, -0.2) is 28.5 Å². The molecule has 114 valence electrons. The molecule has 3 rings (SSSR count). The van der Waals surface area contributed by atoms with Gasteiger partial charge in [-0.25, -0.2) is 8.42 Å². The molecule has 2 aromatic rings. The van der Waals surface area contributed by atoms with Crippen molar-refractivity contribution in [1.29, 1.82) is 0 Å². The van der Waals surface area contributed by atoms with Gasteiger partial charge in [-0.3, -0.25) is 4.79 Å². The highest BCUT2D eigenvalue weighted by molar-refractivity contribution is 7.94. The molecule has 0 aromatic heterocycles. The van der Waals surface area contributed by atoms with E-state index >= 15 is 0 Å². The Morgan fingerprint density at radius 3 is 2.27 bits per heavy atom. The largest absolute Gasteiger partial charge is 0.497 e. The number of fused-ring (bicyclic) bond motifs is 1. The summed E-state index contributed by atoms with van der Waals surface area (Å²) in [5.74, 6) is -0.186. The average molecular weight is 319 g/mol. The van der Waals surface area contributed by atoms with E-state index in [1.807, 2.05) is 0 Å². The van der Waals surface area contributed by atoms with Gasteiger partial charge < -0.3 is 9.47 Å². The summed E-state index contributed by atoms with van der Waals surface area (Å²) < 4.78 is 36.5. The molecular weight excluding hydrogens is 306 g/mol. The van der Waals surface area contributed by atoms with Crippen LogP contribution in [-0.2, 0) is 10.0 Å². The summed E-state index contributed by atoms with van der Waals surface area (Å²) in [4.78, 5) is 12.5. The molecule has 0 radical (unpaired) electrons. The first-order valence-corrected chi connectivity index (χ1v) is 7.85. The predicted octanol–water partition coefficient (Wildman–Crippen LogP) is 2.05. The number of carbonyl (C=O) groups excluding carboxylic acids is 1. The molecular formula is C15H13NO5S. The van der Waals surface area contributed by atoms with E-state index in [9.17, 15) is 13.2 Å². The molecule has 0 aliphatic carbocycles. The maximum atomic E-state index is 12.8. The van der Waals surface area contributed by atoms with E-state index < -0.39 is 15.9 Å². The summed E-state index contributed by atoms with van der Waals surface area (Å²) >= 11 is 0. The minimum Gasteiger partial charge on any atom is -0.497 e.